The largest absolute Gasteiger partial charge is 0.375 e. The Kier molecular flexibility index (Phi) is 10.4. The van der Waals surface area contributed by atoms with Gasteiger partial charge in [-0.2, -0.15) is 0 Å². The van der Waals surface area contributed by atoms with Crippen LogP contribution in [0.2, 0.25) is 0 Å². The molecular formula is C78H56BN5. The minimum Gasteiger partial charge on any atom is -0.375 e. The van der Waals surface area contributed by atoms with Crippen LogP contribution in [0.25, 0.3) is 150 Å². The van der Waals surface area contributed by atoms with Crippen LogP contribution in [0, 0.1) is 48.5 Å². The molecule has 2 aliphatic rings. The summed E-state index contributed by atoms with van der Waals surface area (Å²) in [7, 11) is 0. The van der Waals surface area contributed by atoms with Crippen LogP contribution in [0.1, 0.15) is 38.9 Å². The van der Waals surface area contributed by atoms with Gasteiger partial charge in [0.05, 0.1) is 11.0 Å². The van der Waals surface area contributed by atoms with Gasteiger partial charge in [0.1, 0.15) is 0 Å². The van der Waals surface area contributed by atoms with Crippen molar-refractivity contribution < 1.29 is 0 Å². The summed E-state index contributed by atoms with van der Waals surface area (Å²) in [4.78, 5) is 15.5. The fraction of sp³-hybridized carbons (Fsp3) is 0.0897. The maximum absolute atomic E-state index is 5.24. The molecule has 396 valence electrons. The van der Waals surface area contributed by atoms with Crippen molar-refractivity contribution in [2.24, 2.45) is 0 Å². The zero-order valence-corrected chi connectivity index (χ0v) is 48.0. The first-order valence-electron chi connectivity index (χ1n) is 29.4. The SMILES string of the molecule is Cc1cc(C)c(-c2ccc3c(c2)c2cc(-c4c(C)cc(C)cc4C)cc4c2n3-c2cc(-c3cccc(-c5nc(-c6ccccc6)nc(-c6ccccc6)n5)c3)c(C)c3c2B4n2c4ccc5ccccc5c4c4c5ccccc5cc-3c42)c(C)c1. The molecule has 5 heterocycles. The molecular weight excluding hydrogens is 1020 g/mol. The maximum Gasteiger partial charge on any atom is 0.333 e. The molecule has 3 aromatic heterocycles. The van der Waals surface area contributed by atoms with Crippen molar-refractivity contribution in [1.82, 2.24) is 24.0 Å². The summed E-state index contributed by atoms with van der Waals surface area (Å²) in [5.74, 6) is 1.91. The molecule has 0 amide bonds. The average Bonchev–Trinajstić information content (AvgIpc) is 1.47. The minimum atomic E-state index is -0.173. The second-order valence-electron chi connectivity index (χ2n) is 23.9. The minimum absolute atomic E-state index is 0.173. The molecule has 6 heteroatoms. The highest BCUT2D eigenvalue weighted by molar-refractivity contribution is 6.90. The van der Waals surface area contributed by atoms with Crippen LogP contribution in [0.4, 0.5) is 0 Å². The number of hydrogen-bond acceptors (Lipinski definition) is 3. The van der Waals surface area contributed by atoms with Crippen LogP contribution in [-0.2, 0) is 0 Å². The van der Waals surface area contributed by atoms with E-state index in [1.54, 1.807) is 0 Å². The average molecular weight is 1070 g/mol. The van der Waals surface area contributed by atoms with Gasteiger partial charge in [0.15, 0.2) is 17.5 Å². The Balaban J connectivity index is 1.02. The van der Waals surface area contributed by atoms with Crippen LogP contribution in [0.15, 0.2) is 212 Å². The number of aryl methyl sites for hydroxylation is 6. The lowest BCUT2D eigenvalue weighted by atomic mass is 9.45. The molecule has 0 aliphatic carbocycles. The fourth-order valence-corrected chi connectivity index (χ4v) is 15.4. The molecule has 0 N–H and O–H groups in total. The standard InChI is InChI=1S/C78H56BN5/c1-43-33-45(3)68(46(4)34-43)55-30-31-65-61(39-55)62-40-57(69-47(5)35-44(2)36-48(69)6)41-64-74(62)83(65)67-42-60(53-25-18-26-56(37-53)78-81-76(51-20-10-8-11-21-51)80-77(82-78)52-22-12-9-13-23-52)49(7)70-63-38-54-24-15-17-28-59(54)72-71-58-27-16-14-19-50(58)29-32-66(71)84(75(63)72)79(64)73(67)70/h8-42H,1-7H3. The van der Waals surface area contributed by atoms with Crippen molar-refractivity contribution in [3.63, 3.8) is 0 Å². The van der Waals surface area contributed by atoms with E-state index in [9.17, 15) is 0 Å². The summed E-state index contributed by atoms with van der Waals surface area (Å²) in [5.41, 5.74) is 30.5. The van der Waals surface area contributed by atoms with E-state index in [1.807, 2.05) is 36.4 Å². The number of rotatable bonds is 6. The lowest BCUT2D eigenvalue weighted by Crippen LogP contribution is -2.55. The van der Waals surface area contributed by atoms with Gasteiger partial charge in [-0.05, 0) is 190 Å². The van der Waals surface area contributed by atoms with E-state index in [4.69, 9.17) is 15.0 Å². The summed E-state index contributed by atoms with van der Waals surface area (Å²) in [6.07, 6.45) is 0. The first-order chi connectivity index (χ1) is 41.0. The number of aromatic nitrogens is 5. The normalized spacial score (nSPS) is 12.4. The summed E-state index contributed by atoms with van der Waals surface area (Å²) in [6, 6.07) is 79.0. The lowest BCUT2D eigenvalue weighted by molar-refractivity contribution is 1.07. The second-order valence-corrected chi connectivity index (χ2v) is 23.9. The number of hydrogen-bond donors (Lipinski definition) is 0. The Hall–Kier alpha value is -10.2. The third-order valence-electron chi connectivity index (χ3n) is 18.6. The van der Waals surface area contributed by atoms with Crippen molar-refractivity contribution >= 4 is 82.9 Å². The van der Waals surface area contributed by atoms with Gasteiger partial charge in [0.2, 0.25) is 0 Å². The summed E-state index contributed by atoms with van der Waals surface area (Å²) in [6.45, 7) is 15.8. The Morgan fingerprint density at radius 1 is 0.345 bits per heavy atom. The Morgan fingerprint density at radius 2 is 0.893 bits per heavy atom. The molecule has 0 unspecified atom stereocenters. The molecule has 0 atom stereocenters. The molecule has 0 saturated carbocycles. The van der Waals surface area contributed by atoms with Crippen molar-refractivity contribution in [3.05, 3.63) is 251 Å². The van der Waals surface area contributed by atoms with Gasteiger partial charge in [-0.15, -0.1) is 0 Å². The number of benzene rings is 12. The van der Waals surface area contributed by atoms with E-state index in [2.05, 4.69) is 233 Å². The second kappa shape index (κ2) is 17.9. The summed E-state index contributed by atoms with van der Waals surface area (Å²) < 4.78 is 5.41. The van der Waals surface area contributed by atoms with Crippen molar-refractivity contribution in [2.75, 3.05) is 0 Å². The van der Waals surface area contributed by atoms with E-state index >= 15 is 0 Å². The van der Waals surface area contributed by atoms with E-state index < -0.39 is 0 Å². The van der Waals surface area contributed by atoms with Crippen molar-refractivity contribution in [1.29, 1.82) is 0 Å². The maximum atomic E-state index is 5.24. The molecule has 17 rings (SSSR count). The Labute approximate surface area is 488 Å². The third kappa shape index (κ3) is 6.94. The smallest absolute Gasteiger partial charge is 0.333 e. The first-order valence-corrected chi connectivity index (χ1v) is 29.4. The Morgan fingerprint density at radius 3 is 1.56 bits per heavy atom. The van der Waals surface area contributed by atoms with Crippen molar-refractivity contribution in [2.45, 2.75) is 48.5 Å². The zero-order valence-electron chi connectivity index (χ0n) is 48.0. The van der Waals surface area contributed by atoms with Gasteiger partial charge >= 0.3 is 6.85 Å². The van der Waals surface area contributed by atoms with Crippen LogP contribution in [0.5, 0.6) is 0 Å². The lowest BCUT2D eigenvalue weighted by Gasteiger charge is -2.36. The van der Waals surface area contributed by atoms with Gasteiger partial charge < -0.3 is 9.05 Å². The topological polar surface area (TPSA) is 48.5 Å². The van der Waals surface area contributed by atoms with E-state index in [0.29, 0.717) is 17.5 Å². The number of fused-ring (bicyclic) bond motifs is 14. The van der Waals surface area contributed by atoms with Gasteiger partial charge in [0.25, 0.3) is 0 Å². The Bertz CT molecular complexity index is 5290. The van der Waals surface area contributed by atoms with Gasteiger partial charge in [-0.25, -0.2) is 15.0 Å². The van der Waals surface area contributed by atoms with E-state index in [-0.39, 0.29) is 6.85 Å². The quantitative estimate of drug-likeness (QED) is 0.156. The molecule has 15 aromatic rings. The van der Waals surface area contributed by atoms with E-state index in [0.717, 1.165) is 22.3 Å². The fourth-order valence-electron chi connectivity index (χ4n) is 15.4. The first kappa shape index (κ1) is 48.5. The number of nitrogens with zero attached hydrogens (tertiary/aromatic N) is 5. The predicted octanol–water partition coefficient (Wildman–Crippen LogP) is 18.5. The summed E-state index contributed by atoms with van der Waals surface area (Å²) >= 11 is 0. The zero-order chi connectivity index (χ0) is 56.4. The molecule has 2 aliphatic heterocycles. The van der Waals surface area contributed by atoms with Crippen LogP contribution in [-0.4, -0.2) is 30.8 Å². The predicted molar refractivity (Wildman–Crippen MR) is 354 cm³/mol. The highest BCUT2D eigenvalue weighted by atomic mass is 15.0. The van der Waals surface area contributed by atoms with Crippen LogP contribution < -0.4 is 10.9 Å². The molecule has 84 heavy (non-hydrogen) atoms. The molecule has 0 radical (unpaired) electrons. The molecule has 0 bridgehead atoms. The highest BCUT2D eigenvalue weighted by Gasteiger charge is 2.44. The highest BCUT2D eigenvalue weighted by Crippen LogP contribution is 2.51. The van der Waals surface area contributed by atoms with Crippen molar-refractivity contribution in [3.8, 4) is 84.4 Å². The van der Waals surface area contributed by atoms with Gasteiger partial charge in [0, 0.05) is 60.5 Å². The van der Waals surface area contributed by atoms with Crippen LogP contribution in [0.3, 0.4) is 0 Å². The van der Waals surface area contributed by atoms with Gasteiger partial charge in [-0.1, -0.05) is 181 Å². The molecule has 12 aromatic carbocycles. The molecule has 0 fully saturated rings. The summed E-state index contributed by atoms with van der Waals surface area (Å²) in [5, 5.41) is 10.1. The van der Waals surface area contributed by atoms with Gasteiger partial charge in [-0.3, -0.25) is 0 Å². The monoisotopic (exact) mass is 1070 g/mol. The van der Waals surface area contributed by atoms with Crippen LogP contribution >= 0.6 is 0 Å². The van der Waals surface area contributed by atoms with E-state index in [1.165, 1.54) is 160 Å². The molecule has 0 spiro atoms. The third-order valence-corrected chi connectivity index (χ3v) is 18.6. The molecule has 0 saturated heterocycles. The molecule has 5 nitrogen and oxygen atoms in total.